The number of hydrogen-bond acceptors (Lipinski definition) is 4. The Bertz CT molecular complexity index is 234. The summed E-state index contributed by atoms with van der Waals surface area (Å²) in [5, 5.41) is 9.89. The molecule has 0 saturated carbocycles. The van der Waals surface area contributed by atoms with Gasteiger partial charge in [0.25, 0.3) is 0 Å². The predicted octanol–water partition coefficient (Wildman–Crippen LogP) is 0.588. The van der Waals surface area contributed by atoms with Crippen molar-refractivity contribution in [1.82, 2.24) is 4.98 Å². The van der Waals surface area contributed by atoms with Crippen LogP contribution in [0.3, 0.4) is 0 Å². The summed E-state index contributed by atoms with van der Waals surface area (Å²) in [5.74, 6) is 0. The van der Waals surface area contributed by atoms with E-state index in [1.54, 1.807) is 6.20 Å². The highest BCUT2D eigenvalue weighted by atomic mass is 16.5. The standard InChI is InChI=1S/C3H3NO2.C3H3NO/c5-4-1-2-6-3-4;1-2-5-3-4-1/h1-3H;1-3H. The maximum absolute atomic E-state index is 9.89. The zero-order valence-corrected chi connectivity index (χ0v) is 5.58. The van der Waals surface area contributed by atoms with E-state index >= 15 is 0 Å². The lowest BCUT2D eigenvalue weighted by Crippen LogP contribution is -2.19. The van der Waals surface area contributed by atoms with Crippen LogP contribution in [-0.2, 0) is 0 Å². The molecule has 58 valence electrons. The number of nitrogens with zero attached hydrogens (tertiary/aromatic N) is 2. The van der Waals surface area contributed by atoms with E-state index in [1.165, 1.54) is 25.1 Å². The molecule has 0 radical (unpaired) electrons. The summed E-state index contributed by atoms with van der Waals surface area (Å²) in [5.41, 5.74) is 0. The first-order chi connectivity index (χ1) is 5.39. The molecule has 5 nitrogen and oxygen atoms in total. The average molecular weight is 154 g/mol. The molecule has 2 aromatic rings. The third-order valence-corrected chi connectivity index (χ3v) is 0.798. The highest BCUT2D eigenvalue weighted by molar-refractivity contribution is 4.56. The maximum Gasteiger partial charge on any atom is 0.346 e. The lowest BCUT2D eigenvalue weighted by Gasteiger charge is -1.77. The Morgan fingerprint density at radius 3 is 2.36 bits per heavy atom. The predicted molar refractivity (Wildman–Crippen MR) is 34.2 cm³/mol. The van der Waals surface area contributed by atoms with Crippen LogP contribution in [0.25, 0.3) is 0 Å². The fraction of sp³-hybridized carbons (Fsp3) is 0. The SMILES string of the molecule is [O-][n+]1ccoc1.c1cocn1. The summed E-state index contributed by atoms with van der Waals surface area (Å²) in [7, 11) is 0. The highest BCUT2D eigenvalue weighted by Gasteiger charge is 1.79. The molecule has 0 atom stereocenters. The van der Waals surface area contributed by atoms with E-state index < -0.39 is 0 Å². The second kappa shape index (κ2) is 4.10. The van der Waals surface area contributed by atoms with E-state index in [1.807, 2.05) is 0 Å². The highest BCUT2D eigenvalue weighted by Crippen LogP contribution is 1.72. The molecule has 0 bridgehead atoms. The summed E-state index contributed by atoms with van der Waals surface area (Å²) < 4.78 is 9.42. The largest absolute Gasteiger partial charge is 0.616 e. The quantitative estimate of drug-likeness (QED) is 0.411. The van der Waals surface area contributed by atoms with Gasteiger partial charge in [0.05, 0.1) is 6.20 Å². The molecule has 0 saturated heterocycles. The molecule has 0 fully saturated rings. The van der Waals surface area contributed by atoms with Crippen LogP contribution < -0.4 is 4.73 Å². The second-order valence-corrected chi connectivity index (χ2v) is 1.56. The fourth-order valence-corrected chi connectivity index (χ4v) is 0.401. The molecule has 0 amide bonds. The Hall–Kier alpha value is -1.78. The van der Waals surface area contributed by atoms with E-state index in [0.717, 1.165) is 6.39 Å². The van der Waals surface area contributed by atoms with Gasteiger partial charge in [-0.15, -0.1) is 4.73 Å². The second-order valence-electron chi connectivity index (χ2n) is 1.56. The van der Waals surface area contributed by atoms with Crippen molar-refractivity contribution in [2.24, 2.45) is 0 Å². The van der Waals surface area contributed by atoms with Crippen LogP contribution in [0.5, 0.6) is 0 Å². The van der Waals surface area contributed by atoms with E-state index in [2.05, 4.69) is 13.8 Å². The first-order valence-electron chi connectivity index (χ1n) is 2.82. The van der Waals surface area contributed by atoms with Gasteiger partial charge in [-0.1, -0.05) is 0 Å². The Labute approximate surface area is 62.5 Å². The van der Waals surface area contributed by atoms with Crippen molar-refractivity contribution in [3.05, 3.63) is 42.9 Å². The van der Waals surface area contributed by atoms with Gasteiger partial charge < -0.3 is 14.0 Å². The molecule has 11 heavy (non-hydrogen) atoms. The van der Waals surface area contributed by atoms with Gasteiger partial charge in [0.2, 0.25) is 6.20 Å². The van der Waals surface area contributed by atoms with Crippen molar-refractivity contribution < 1.29 is 13.6 Å². The number of oxazole rings is 2. The average Bonchev–Trinajstić information content (AvgIpc) is 2.57. The molecule has 0 N–H and O–H groups in total. The summed E-state index contributed by atoms with van der Waals surface area (Å²) in [6.07, 6.45) is 8.13. The van der Waals surface area contributed by atoms with Gasteiger partial charge in [0, 0.05) is 0 Å². The molecule has 0 aliphatic heterocycles. The van der Waals surface area contributed by atoms with Gasteiger partial charge in [-0.2, -0.15) is 0 Å². The zero-order valence-electron chi connectivity index (χ0n) is 5.58. The van der Waals surface area contributed by atoms with Crippen LogP contribution in [0.2, 0.25) is 0 Å². The maximum atomic E-state index is 9.89. The molecule has 2 rings (SSSR count). The molecule has 2 aromatic heterocycles. The molecular formula is C6H6N2O3. The van der Waals surface area contributed by atoms with Crippen molar-refractivity contribution in [2.45, 2.75) is 0 Å². The van der Waals surface area contributed by atoms with Crippen LogP contribution in [0.4, 0.5) is 0 Å². The Morgan fingerprint density at radius 2 is 2.18 bits per heavy atom. The van der Waals surface area contributed by atoms with Gasteiger partial charge in [0.15, 0.2) is 12.7 Å². The first-order valence-corrected chi connectivity index (χ1v) is 2.82. The van der Waals surface area contributed by atoms with Gasteiger partial charge in [-0.3, -0.25) is 0 Å². The van der Waals surface area contributed by atoms with Crippen LogP contribution in [0.15, 0.2) is 46.5 Å². The Morgan fingerprint density at radius 1 is 1.27 bits per heavy atom. The minimum atomic E-state index is 0.583. The Kier molecular flexibility index (Phi) is 2.73. The third kappa shape index (κ3) is 3.04. The minimum Gasteiger partial charge on any atom is -0.616 e. The van der Waals surface area contributed by atoms with Gasteiger partial charge in [-0.05, 0) is 0 Å². The first kappa shape index (κ1) is 7.33. The molecule has 0 aromatic carbocycles. The van der Waals surface area contributed by atoms with Crippen molar-refractivity contribution in [3.63, 3.8) is 0 Å². The normalized spacial score (nSPS) is 8.36. The smallest absolute Gasteiger partial charge is 0.346 e. The van der Waals surface area contributed by atoms with E-state index in [4.69, 9.17) is 0 Å². The van der Waals surface area contributed by atoms with E-state index in [-0.39, 0.29) is 0 Å². The lowest BCUT2D eigenvalue weighted by molar-refractivity contribution is -0.608. The van der Waals surface area contributed by atoms with Crippen molar-refractivity contribution in [2.75, 3.05) is 0 Å². The number of aromatic nitrogens is 2. The molecule has 0 spiro atoms. The number of rotatable bonds is 0. The molecular weight excluding hydrogens is 148 g/mol. The molecule has 0 aliphatic carbocycles. The monoisotopic (exact) mass is 154 g/mol. The summed E-state index contributed by atoms with van der Waals surface area (Å²) in [6.45, 7) is 0. The van der Waals surface area contributed by atoms with E-state index in [0.29, 0.717) is 4.73 Å². The van der Waals surface area contributed by atoms with Crippen LogP contribution in [-0.4, -0.2) is 4.98 Å². The van der Waals surface area contributed by atoms with Gasteiger partial charge >= 0.3 is 6.39 Å². The Balaban J connectivity index is 0.000000112. The lowest BCUT2D eigenvalue weighted by atomic mass is 11.0. The van der Waals surface area contributed by atoms with Gasteiger partial charge in [-0.25, -0.2) is 4.98 Å². The van der Waals surface area contributed by atoms with Crippen molar-refractivity contribution >= 4 is 0 Å². The summed E-state index contributed by atoms with van der Waals surface area (Å²) in [4.78, 5) is 3.56. The zero-order chi connectivity index (χ0) is 7.94. The summed E-state index contributed by atoms with van der Waals surface area (Å²) >= 11 is 0. The fourth-order valence-electron chi connectivity index (χ4n) is 0.401. The molecule has 0 aliphatic rings. The molecule has 2 heterocycles. The molecule has 5 heteroatoms. The van der Waals surface area contributed by atoms with Crippen LogP contribution in [0.1, 0.15) is 0 Å². The summed E-state index contributed by atoms with van der Waals surface area (Å²) in [6, 6.07) is 0. The van der Waals surface area contributed by atoms with Crippen molar-refractivity contribution in [3.8, 4) is 0 Å². The van der Waals surface area contributed by atoms with Crippen molar-refractivity contribution in [1.29, 1.82) is 0 Å². The van der Waals surface area contributed by atoms with Crippen LogP contribution in [0, 0.1) is 5.21 Å². The van der Waals surface area contributed by atoms with Crippen LogP contribution >= 0.6 is 0 Å². The number of hydrogen-bond donors (Lipinski definition) is 0. The van der Waals surface area contributed by atoms with Gasteiger partial charge in [0.1, 0.15) is 6.26 Å². The topological polar surface area (TPSA) is 66.1 Å². The third-order valence-electron chi connectivity index (χ3n) is 0.798. The van der Waals surface area contributed by atoms with E-state index in [9.17, 15) is 5.21 Å². The molecule has 0 unspecified atom stereocenters. The minimum absolute atomic E-state index is 0.583.